The topological polar surface area (TPSA) is 70.2 Å². The second kappa shape index (κ2) is 8.57. The minimum atomic E-state index is -0.216. The lowest BCUT2D eigenvalue weighted by Crippen LogP contribution is -2.21. The normalized spacial score (nSPS) is 10.1. The minimum absolute atomic E-state index is 0.0594. The molecule has 2 aromatic carbocycles. The maximum Gasteiger partial charge on any atom is 0.243 e. The highest BCUT2D eigenvalue weighted by Crippen LogP contribution is 2.25. The van der Waals surface area contributed by atoms with Crippen LogP contribution in [0.4, 0.5) is 17.1 Å². The van der Waals surface area contributed by atoms with Crippen LogP contribution < -0.4 is 16.0 Å². The monoisotopic (exact) mass is 365 g/mol. The van der Waals surface area contributed by atoms with Crippen molar-refractivity contribution in [3.05, 3.63) is 52.5 Å². The van der Waals surface area contributed by atoms with Crippen molar-refractivity contribution in [2.75, 3.05) is 22.5 Å². The third-order valence-electron chi connectivity index (χ3n) is 3.14. The van der Waals surface area contributed by atoms with Crippen molar-refractivity contribution in [1.29, 1.82) is 0 Å². The molecule has 0 saturated heterocycles. The van der Waals surface area contributed by atoms with E-state index in [1.165, 1.54) is 0 Å². The van der Waals surface area contributed by atoms with Gasteiger partial charge in [-0.2, -0.15) is 0 Å². The Hall–Kier alpha value is -2.24. The van der Waals surface area contributed by atoms with E-state index in [0.29, 0.717) is 33.5 Å². The fraction of sp³-hybridized carbons (Fsp3) is 0.176. The molecule has 0 atom stereocenters. The fourth-order valence-electron chi connectivity index (χ4n) is 1.90. The van der Waals surface area contributed by atoms with Crippen LogP contribution in [-0.4, -0.2) is 18.4 Å². The smallest absolute Gasteiger partial charge is 0.243 e. The first kappa shape index (κ1) is 18.1. The number of hydrogen-bond acceptors (Lipinski definition) is 3. The van der Waals surface area contributed by atoms with E-state index in [4.69, 9.17) is 23.2 Å². The van der Waals surface area contributed by atoms with Gasteiger partial charge in [0.15, 0.2) is 0 Å². The van der Waals surface area contributed by atoms with Crippen LogP contribution in [0.2, 0.25) is 10.0 Å². The first-order valence-electron chi connectivity index (χ1n) is 7.36. The maximum absolute atomic E-state index is 12.0. The van der Waals surface area contributed by atoms with Gasteiger partial charge in [-0.3, -0.25) is 9.59 Å². The number of hydrogen-bond donors (Lipinski definition) is 3. The number of amides is 2. The van der Waals surface area contributed by atoms with Crippen LogP contribution in [0.25, 0.3) is 0 Å². The van der Waals surface area contributed by atoms with Gasteiger partial charge in [-0.25, -0.2) is 0 Å². The average molecular weight is 366 g/mol. The van der Waals surface area contributed by atoms with Gasteiger partial charge in [-0.1, -0.05) is 30.1 Å². The first-order valence-corrected chi connectivity index (χ1v) is 8.12. The predicted molar refractivity (Wildman–Crippen MR) is 98.9 cm³/mol. The van der Waals surface area contributed by atoms with E-state index in [0.717, 1.165) is 0 Å². The van der Waals surface area contributed by atoms with Crippen LogP contribution in [0.5, 0.6) is 0 Å². The lowest BCUT2D eigenvalue weighted by molar-refractivity contribution is -0.116. The van der Waals surface area contributed by atoms with Crippen molar-refractivity contribution < 1.29 is 9.59 Å². The van der Waals surface area contributed by atoms with Gasteiger partial charge in [-0.15, -0.1) is 0 Å². The van der Waals surface area contributed by atoms with Gasteiger partial charge in [0.25, 0.3) is 0 Å². The molecule has 0 aromatic heterocycles. The molecule has 7 heteroatoms. The highest BCUT2D eigenvalue weighted by Gasteiger charge is 2.06. The Balaban J connectivity index is 1.86. The molecule has 0 radical (unpaired) electrons. The Morgan fingerprint density at radius 1 is 0.917 bits per heavy atom. The molecule has 0 aliphatic carbocycles. The molecule has 0 saturated carbocycles. The number of nitrogens with one attached hydrogen (secondary N) is 3. The molecule has 0 heterocycles. The number of benzene rings is 2. The van der Waals surface area contributed by atoms with E-state index in [2.05, 4.69) is 16.0 Å². The minimum Gasteiger partial charge on any atom is -0.375 e. The standard InChI is InChI=1S/C17H17Cl2N3O2/c1-2-16(23)21-12-4-6-13(7-5-12)22-17(24)10-20-15-8-3-11(18)9-14(15)19/h3-9,20H,2,10H2,1H3,(H,21,23)(H,22,24). The lowest BCUT2D eigenvalue weighted by atomic mass is 10.2. The molecule has 0 fully saturated rings. The molecule has 2 rings (SSSR count). The number of anilines is 3. The third-order valence-corrected chi connectivity index (χ3v) is 3.69. The first-order chi connectivity index (χ1) is 11.5. The van der Waals surface area contributed by atoms with E-state index in [1.54, 1.807) is 49.4 Å². The van der Waals surface area contributed by atoms with Crippen molar-refractivity contribution >= 4 is 52.1 Å². The Kier molecular flexibility index (Phi) is 6.46. The largest absolute Gasteiger partial charge is 0.375 e. The summed E-state index contributed by atoms with van der Waals surface area (Å²) in [4.78, 5) is 23.3. The molecule has 24 heavy (non-hydrogen) atoms. The number of carbonyl (C=O) groups excluding carboxylic acids is 2. The van der Waals surface area contributed by atoms with E-state index >= 15 is 0 Å². The van der Waals surface area contributed by atoms with E-state index in [9.17, 15) is 9.59 Å². The third kappa shape index (κ3) is 5.44. The summed E-state index contributed by atoms with van der Waals surface area (Å²) in [6.45, 7) is 1.85. The van der Waals surface area contributed by atoms with Gasteiger partial charge >= 0.3 is 0 Å². The van der Waals surface area contributed by atoms with E-state index in [1.807, 2.05) is 0 Å². The summed E-state index contributed by atoms with van der Waals surface area (Å²) in [6, 6.07) is 11.9. The molecule has 126 valence electrons. The summed E-state index contributed by atoms with van der Waals surface area (Å²) in [6.07, 6.45) is 0.414. The van der Waals surface area contributed by atoms with Gasteiger partial charge in [0, 0.05) is 22.8 Å². The molecule has 3 N–H and O–H groups in total. The average Bonchev–Trinajstić information content (AvgIpc) is 2.55. The number of halogens is 2. The van der Waals surface area contributed by atoms with Crippen LogP contribution in [0, 0.1) is 0 Å². The van der Waals surface area contributed by atoms with Crippen molar-refractivity contribution in [2.24, 2.45) is 0 Å². The molecular formula is C17H17Cl2N3O2. The summed E-state index contributed by atoms with van der Waals surface area (Å²) < 4.78 is 0. The summed E-state index contributed by atoms with van der Waals surface area (Å²) in [5, 5.41) is 9.42. The quantitative estimate of drug-likeness (QED) is 0.710. The molecule has 0 aliphatic rings. The zero-order chi connectivity index (χ0) is 17.5. The van der Waals surface area contributed by atoms with Gasteiger partial charge in [-0.05, 0) is 42.5 Å². The predicted octanol–water partition coefficient (Wildman–Crippen LogP) is 4.39. The Labute approximate surface area is 150 Å². The highest BCUT2D eigenvalue weighted by molar-refractivity contribution is 6.36. The summed E-state index contributed by atoms with van der Waals surface area (Å²) in [5.41, 5.74) is 1.96. The summed E-state index contributed by atoms with van der Waals surface area (Å²) >= 11 is 11.9. The molecule has 0 aliphatic heterocycles. The number of carbonyl (C=O) groups is 2. The summed E-state index contributed by atoms with van der Waals surface area (Å²) in [7, 11) is 0. The van der Waals surface area contributed by atoms with Gasteiger partial charge < -0.3 is 16.0 Å². The van der Waals surface area contributed by atoms with Crippen LogP contribution >= 0.6 is 23.2 Å². The molecule has 2 aromatic rings. The van der Waals surface area contributed by atoms with Gasteiger partial charge in [0.05, 0.1) is 17.3 Å². The molecular weight excluding hydrogens is 349 g/mol. The Bertz CT molecular complexity index is 733. The van der Waals surface area contributed by atoms with Gasteiger partial charge in [0.1, 0.15) is 0 Å². The molecule has 0 spiro atoms. The zero-order valence-electron chi connectivity index (χ0n) is 13.0. The second-order valence-corrected chi connectivity index (χ2v) is 5.85. The number of rotatable bonds is 6. The van der Waals surface area contributed by atoms with E-state index in [-0.39, 0.29) is 18.4 Å². The maximum atomic E-state index is 12.0. The van der Waals surface area contributed by atoms with Crippen molar-refractivity contribution in [3.8, 4) is 0 Å². The second-order valence-electron chi connectivity index (χ2n) is 5.00. The van der Waals surface area contributed by atoms with Crippen LogP contribution in [-0.2, 0) is 9.59 Å². The Morgan fingerprint density at radius 2 is 1.50 bits per heavy atom. The molecule has 5 nitrogen and oxygen atoms in total. The van der Waals surface area contributed by atoms with Crippen LogP contribution in [0.1, 0.15) is 13.3 Å². The van der Waals surface area contributed by atoms with Crippen LogP contribution in [0.15, 0.2) is 42.5 Å². The molecule has 0 unspecified atom stereocenters. The fourth-order valence-corrected chi connectivity index (χ4v) is 2.38. The molecule has 2 amide bonds. The molecule has 0 bridgehead atoms. The summed E-state index contributed by atoms with van der Waals surface area (Å²) in [5.74, 6) is -0.276. The van der Waals surface area contributed by atoms with Crippen molar-refractivity contribution in [1.82, 2.24) is 0 Å². The van der Waals surface area contributed by atoms with Gasteiger partial charge in [0.2, 0.25) is 11.8 Å². The SMILES string of the molecule is CCC(=O)Nc1ccc(NC(=O)CNc2ccc(Cl)cc2Cl)cc1. The van der Waals surface area contributed by atoms with Crippen molar-refractivity contribution in [2.45, 2.75) is 13.3 Å². The van der Waals surface area contributed by atoms with E-state index < -0.39 is 0 Å². The Morgan fingerprint density at radius 3 is 2.04 bits per heavy atom. The van der Waals surface area contributed by atoms with Crippen LogP contribution in [0.3, 0.4) is 0 Å². The van der Waals surface area contributed by atoms with Crippen molar-refractivity contribution in [3.63, 3.8) is 0 Å². The zero-order valence-corrected chi connectivity index (χ0v) is 14.5. The lowest BCUT2D eigenvalue weighted by Gasteiger charge is -2.10. The highest BCUT2D eigenvalue weighted by atomic mass is 35.5.